The number of nitrogens with zero attached hydrogens (tertiary/aromatic N) is 1. The van der Waals surface area contributed by atoms with E-state index in [0.717, 1.165) is 31.5 Å². The third-order valence-electron chi connectivity index (χ3n) is 4.94. The standard InChI is InChI=1S/C24H26N2O2/c1-19-15-17-26(18-16-19)24(28)22(14-8-11-20-9-4-2-5-10-20)25-23(27)21-12-6-3-7-13-21/h2-14,19H,15-18H2,1H3,(H,25,27)/b11-8-,22-14+. The van der Waals surface area contributed by atoms with E-state index in [2.05, 4.69) is 12.2 Å². The SMILES string of the molecule is CC1CCN(C(=O)/C(=C\C=C/c2ccccc2)NC(=O)c2ccccc2)CC1. The Balaban J connectivity index is 1.78. The average molecular weight is 374 g/mol. The van der Waals surface area contributed by atoms with E-state index in [0.29, 0.717) is 17.2 Å². The summed E-state index contributed by atoms with van der Waals surface area (Å²) in [5, 5.41) is 2.81. The summed E-state index contributed by atoms with van der Waals surface area (Å²) in [7, 11) is 0. The molecular weight excluding hydrogens is 348 g/mol. The van der Waals surface area contributed by atoms with Crippen molar-refractivity contribution in [3.05, 3.63) is 89.6 Å². The highest BCUT2D eigenvalue weighted by atomic mass is 16.2. The number of piperidine rings is 1. The molecule has 1 saturated heterocycles. The molecule has 0 radical (unpaired) electrons. The first-order chi connectivity index (χ1) is 13.6. The molecule has 2 aromatic rings. The number of rotatable bonds is 5. The Morgan fingerprint density at radius 1 is 0.964 bits per heavy atom. The predicted molar refractivity (Wildman–Crippen MR) is 112 cm³/mol. The smallest absolute Gasteiger partial charge is 0.270 e. The van der Waals surface area contributed by atoms with Crippen molar-refractivity contribution in [3.8, 4) is 0 Å². The highest BCUT2D eigenvalue weighted by molar-refractivity contribution is 6.03. The van der Waals surface area contributed by atoms with Crippen LogP contribution in [0.2, 0.25) is 0 Å². The molecule has 2 aromatic carbocycles. The minimum Gasteiger partial charge on any atom is -0.337 e. The number of carbonyl (C=O) groups is 2. The second-order valence-electron chi connectivity index (χ2n) is 7.15. The summed E-state index contributed by atoms with van der Waals surface area (Å²) in [6.07, 6.45) is 7.39. The number of hydrogen-bond donors (Lipinski definition) is 1. The Morgan fingerprint density at radius 2 is 1.57 bits per heavy atom. The summed E-state index contributed by atoms with van der Waals surface area (Å²) >= 11 is 0. The summed E-state index contributed by atoms with van der Waals surface area (Å²) in [6.45, 7) is 3.65. The van der Waals surface area contributed by atoms with Crippen molar-refractivity contribution in [1.29, 1.82) is 0 Å². The van der Waals surface area contributed by atoms with Gasteiger partial charge in [-0.05, 0) is 42.5 Å². The van der Waals surface area contributed by atoms with Crippen molar-refractivity contribution in [2.75, 3.05) is 13.1 Å². The molecule has 0 aliphatic carbocycles. The summed E-state index contributed by atoms with van der Waals surface area (Å²) < 4.78 is 0. The molecule has 0 saturated carbocycles. The molecule has 1 fully saturated rings. The number of amides is 2. The molecule has 4 nitrogen and oxygen atoms in total. The maximum Gasteiger partial charge on any atom is 0.270 e. The molecule has 1 heterocycles. The lowest BCUT2D eigenvalue weighted by molar-refractivity contribution is -0.128. The average Bonchev–Trinajstić information content (AvgIpc) is 2.74. The Kier molecular flexibility index (Phi) is 6.79. The molecule has 0 atom stereocenters. The summed E-state index contributed by atoms with van der Waals surface area (Å²) in [6, 6.07) is 18.8. The van der Waals surface area contributed by atoms with Gasteiger partial charge in [0.15, 0.2) is 0 Å². The molecule has 3 rings (SSSR count). The fourth-order valence-electron chi connectivity index (χ4n) is 3.15. The van der Waals surface area contributed by atoms with Gasteiger partial charge in [-0.1, -0.05) is 67.6 Å². The molecule has 1 aliphatic rings. The van der Waals surface area contributed by atoms with Gasteiger partial charge >= 0.3 is 0 Å². The lowest BCUT2D eigenvalue weighted by Crippen LogP contribution is -2.42. The molecule has 0 spiro atoms. The van der Waals surface area contributed by atoms with Gasteiger partial charge in [-0.3, -0.25) is 9.59 Å². The van der Waals surface area contributed by atoms with E-state index in [1.807, 2.05) is 47.4 Å². The number of hydrogen-bond acceptors (Lipinski definition) is 2. The van der Waals surface area contributed by atoms with Crippen LogP contribution < -0.4 is 5.32 Å². The van der Waals surface area contributed by atoms with Crippen LogP contribution in [-0.4, -0.2) is 29.8 Å². The Morgan fingerprint density at radius 3 is 2.21 bits per heavy atom. The van der Waals surface area contributed by atoms with Crippen LogP contribution in [0.3, 0.4) is 0 Å². The summed E-state index contributed by atoms with van der Waals surface area (Å²) in [5.74, 6) is 0.223. The Hall–Kier alpha value is -3.14. The minimum absolute atomic E-state index is 0.131. The van der Waals surface area contributed by atoms with Gasteiger partial charge in [-0.25, -0.2) is 0 Å². The van der Waals surface area contributed by atoms with Crippen molar-refractivity contribution in [2.45, 2.75) is 19.8 Å². The molecule has 4 heteroatoms. The molecule has 1 N–H and O–H groups in total. The lowest BCUT2D eigenvalue weighted by atomic mass is 9.99. The molecule has 0 bridgehead atoms. The molecule has 1 aliphatic heterocycles. The Bertz CT molecular complexity index is 849. The second kappa shape index (κ2) is 9.70. The number of carbonyl (C=O) groups excluding carboxylic acids is 2. The zero-order chi connectivity index (χ0) is 19.8. The minimum atomic E-state index is -0.279. The van der Waals surface area contributed by atoms with Gasteiger partial charge in [0.05, 0.1) is 0 Å². The first-order valence-corrected chi connectivity index (χ1v) is 9.72. The zero-order valence-electron chi connectivity index (χ0n) is 16.2. The van der Waals surface area contributed by atoms with Crippen LogP contribution in [-0.2, 0) is 4.79 Å². The highest BCUT2D eigenvalue weighted by Crippen LogP contribution is 2.17. The maximum atomic E-state index is 13.0. The van der Waals surface area contributed by atoms with Gasteiger partial charge in [0.2, 0.25) is 0 Å². The van der Waals surface area contributed by atoms with Gasteiger partial charge in [0.25, 0.3) is 11.8 Å². The van der Waals surface area contributed by atoms with Gasteiger partial charge in [0.1, 0.15) is 5.70 Å². The fourth-order valence-corrected chi connectivity index (χ4v) is 3.15. The van der Waals surface area contributed by atoms with Crippen LogP contribution in [0.5, 0.6) is 0 Å². The molecular formula is C24H26N2O2. The van der Waals surface area contributed by atoms with Crippen molar-refractivity contribution < 1.29 is 9.59 Å². The van der Waals surface area contributed by atoms with Crippen molar-refractivity contribution in [3.63, 3.8) is 0 Å². The zero-order valence-corrected chi connectivity index (χ0v) is 16.2. The van der Waals surface area contributed by atoms with Crippen LogP contribution in [0.25, 0.3) is 6.08 Å². The lowest BCUT2D eigenvalue weighted by Gasteiger charge is -2.31. The van der Waals surface area contributed by atoms with E-state index in [1.165, 1.54) is 0 Å². The van der Waals surface area contributed by atoms with E-state index in [-0.39, 0.29) is 11.8 Å². The molecule has 144 valence electrons. The quantitative estimate of drug-likeness (QED) is 0.628. The van der Waals surface area contributed by atoms with E-state index in [4.69, 9.17) is 0 Å². The normalized spacial score (nSPS) is 15.6. The number of benzene rings is 2. The fraction of sp³-hybridized carbons (Fsp3) is 0.250. The van der Waals surface area contributed by atoms with Crippen LogP contribution in [0, 0.1) is 5.92 Å². The molecule has 0 unspecified atom stereocenters. The topological polar surface area (TPSA) is 49.4 Å². The number of nitrogens with one attached hydrogen (secondary N) is 1. The highest BCUT2D eigenvalue weighted by Gasteiger charge is 2.24. The first kappa shape index (κ1) is 19.6. The number of likely N-dealkylation sites (tertiary alicyclic amines) is 1. The van der Waals surface area contributed by atoms with E-state index in [9.17, 15) is 9.59 Å². The molecule has 28 heavy (non-hydrogen) atoms. The third-order valence-corrected chi connectivity index (χ3v) is 4.94. The number of allylic oxidation sites excluding steroid dienone is 2. The molecule has 0 aromatic heterocycles. The van der Waals surface area contributed by atoms with Crippen LogP contribution in [0.1, 0.15) is 35.7 Å². The van der Waals surface area contributed by atoms with Crippen molar-refractivity contribution in [1.82, 2.24) is 10.2 Å². The van der Waals surface area contributed by atoms with Gasteiger partial charge in [0, 0.05) is 18.7 Å². The van der Waals surface area contributed by atoms with E-state index in [1.54, 1.807) is 36.4 Å². The van der Waals surface area contributed by atoms with Gasteiger partial charge in [-0.2, -0.15) is 0 Å². The van der Waals surface area contributed by atoms with Gasteiger partial charge in [-0.15, -0.1) is 0 Å². The Labute approximate surface area is 166 Å². The van der Waals surface area contributed by atoms with Crippen molar-refractivity contribution in [2.24, 2.45) is 5.92 Å². The first-order valence-electron chi connectivity index (χ1n) is 9.72. The van der Waals surface area contributed by atoms with E-state index >= 15 is 0 Å². The van der Waals surface area contributed by atoms with Crippen molar-refractivity contribution >= 4 is 17.9 Å². The van der Waals surface area contributed by atoms with E-state index < -0.39 is 0 Å². The molecule has 2 amide bonds. The van der Waals surface area contributed by atoms with Gasteiger partial charge < -0.3 is 10.2 Å². The van der Waals surface area contributed by atoms with Crippen LogP contribution >= 0.6 is 0 Å². The summed E-state index contributed by atoms with van der Waals surface area (Å²) in [4.78, 5) is 27.4. The largest absolute Gasteiger partial charge is 0.337 e. The monoisotopic (exact) mass is 374 g/mol. The summed E-state index contributed by atoms with van der Waals surface area (Å²) in [5.41, 5.74) is 1.86. The van der Waals surface area contributed by atoms with Crippen LogP contribution in [0.15, 0.2) is 78.5 Å². The maximum absolute atomic E-state index is 13.0. The second-order valence-corrected chi connectivity index (χ2v) is 7.15. The van der Waals surface area contributed by atoms with Crippen LogP contribution in [0.4, 0.5) is 0 Å². The predicted octanol–water partition coefficient (Wildman–Crippen LogP) is 4.27. The third kappa shape index (κ3) is 5.43.